The van der Waals surface area contributed by atoms with Crippen molar-refractivity contribution in [3.8, 4) is 5.69 Å². The van der Waals surface area contributed by atoms with Crippen LogP contribution in [0.3, 0.4) is 0 Å². The number of aromatic nitrogens is 3. The molecule has 2 saturated heterocycles. The molecule has 0 saturated carbocycles. The molecule has 0 atom stereocenters. The molecule has 0 bridgehead atoms. The third-order valence-corrected chi connectivity index (χ3v) is 4.69. The topological polar surface area (TPSA) is 64.8 Å². The molecule has 1 spiro atoms. The summed E-state index contributed by atoms with van der Waals surface area (Å²) in [6.45, 7) is 6.51. The van der Waals surface area contributed by atoms with Gasteiger partial charge in [-0.3, -0.25) is 4.99 Å². The zero-order chi connectivity index (χ0) is 17.3. The van der Waals surface area contributed by atoms with Crippen LogP contribution in [-0.4, -0.2) is 53.8 Å². The standard InChI is InChI=1S/C17H20FN5O2/c1-19-11-13-12-23(21-20-13)14-2-3-16(15(18)10-14)22-6-4-17(5-7-22)24-8-9-25-17/h2-3,10,12H,1,4-9,11H2. The molecule has 0 radical (unpaired) electrons. The van der Waals surface area contributed by atoms with Gasteiger partial charge in [0.25, 0.3) is 0 Å². The monoisotopic (exact) mass is 345 g/mol. The number of benzene rings is 1. The highest BCUT2D eigenvalue weighted by Gasteiger charge is 2.40. The van der Waals surface area contributed by atoms with Crippen molar-refractivity contribution < 1.29 is 13.9 Å². The normalized spacial score (nSPS) is 19.5. The lowest BCUT2D eigenvalue weighted by Crippen LogP contribution is -2.45. The highest BCUT2D eigenvalue weighted by atomic mass is 19.1. The summed E-state index contributed by atoms with van der Waals surface area (Å²) in [6.07, 6.45) is 3.22. The first-order valence-electron chi connectivity index (χ1n) is 8.36. The summed E-state index contributed by atoms with van der Waals surface area (Å²) in [5, 5.41) is 7.99. The second-order valence-corrected chi connectivity index (χ2v) is 6.27. The smallest absolute Gasteiger partial charge is 0.171 e. The summed E-state index contributed by atoms with van der Waals surface area (Å²) in [5.41, 5.74) is 1.90. The average Bonchev–Trinajstić information content (AvgIpc) is 3.27. The van der Waals surface area contributed by atoms with Crippen molar-refractivity contribution in [2.24, 2.45) is 4.99 Å². The molecule has 0 N–H and O–H groups in total. The van der Waals surface area contributed by atoms with Crippen molar-refractivity contribution in [2.45, 2.75) is 25.2 Å². The summed E-state index contributed by atoms with van der Waals surface area (Å²) >= 11 is 0. The molecule has 0 unspecified atom stereocenters. The van der Waals surface area contributed by atoms with E-state index in [9.17, 15) is 4.39 Å². The van der Waals surface area contributed by atoms with Crippen LogP contribution in [0.5, 0.6) is 0 Å². The SMILES string of the molecule is C=NCc1cn(-c2ccc(N3CCC4(CC3)OCCO4)c(F)c2)nn1. The minimum absolute atomic E-state index is 0.277. The maximum atomic E-state index is 14.6. The first-order chi connectivity index (χ1) is 12.2. The van der Waals surface area contributed by atoms with E-state index < -0.39 is 5.79 Å². The van der Waals surface area contributed by atoms with Gasteiger partial charge >= 0.3 is 0 Å². The van der Waals surface area contributed by atoms with Crippen LogP contribution in [0.25, 0.3) is 5.69 Å². The quantitative estimate of drug-likeness (QED) is 0.793. The van der Waals surface area contributed by atoms with Gasteiger partial charge in [0.05, 0.1) is 37.3 Å². The van der Waals surface area contributed by atoms with Crippen LogP contribution in [0, 0.1) is 5.82 Å². The molecule has 2 aliphatic heterocycles. The molecule has 2 fully saturated rings. The van der Waals surface area contributed by atoms with E-state index in [1.165, 1.54) is 6.07 Å². The first-order valence-corrected chi connectivity index (χ1v) is 8.36. The second-order valence-electron chi connectivity index (χ2n) is 6.27. The van der Waals surface area contributed by atoms with E-state index in [0.29, 0.717) is 49.9 Å². The Labute approximate surface area is 145 Å². The second kappa shape index (κ2) is 6.53. The Kier molecular flexibility index (Phi) is 4.22. The maximum absolute atomic E-state index is 14.6. The van der Waals surface area contributed by atoms with Crippen LogP contribution in [0.4, 0.5) is 10.1 Å². The van der Waals surface area contributed by atoms with Gasteiger partial charge in [0, 0.05) is 32.0 Å². The molecule has 25 heavy (non-hydrogen) atoms. The third-order valence-electron chi connectivity index (χ3n) is 4.69. The molecule has 1 aromatic carbocycles. The van der Waals surface area contributed by atoms with E-state index in [1.54, 1.807) is 16.9 Å². The Hall–Kier alpha value is -2.32. The summed E-state index contributed by atoms with van der Waals surface area (Å²) in [6, 6.07) is 5.10. The molecule has 4 rings (SSSR count). The van der Waals surface area contributed by atoms with Gasteiger partial charge in [-0.2, -0.15) is 0 Å². The predicted octanol–water partition coefficient (Wildman–Crippen LogP) is 1.95. The van der Waals surface area contributed by atoms with Crippen molar-refractivity contribution in [3.63, 3.8) is 0 Å². The van der Waals surface area contributed by atoms with E-state index >= 15 is 0 Å². The van der Waals surface area contributed by atoms with E-state index in [-0.39, 0.29) is 5.82 Å². The van der Waals surface area contributed by atoms with E-state index in [2.05, 4.69) is 22.0 Å². The third kappa shape index (κ3) is 3.14. The lowest BCUT2D eigenvalue weighted by Gasteiger charge is -2.38. The Bertz CT molecular complexity index is 762. The van der Waals surface area contributed by atoms with Gasteiger partial charge in [0.1, 0.15) is 11.5 Å². The summed E-state index contributed by atoms with van der Waals surface area (Å²) in [4.78, 5) is 5.80. The number of anilines is 1. The van der Waals surface area contributed by atoms with Gasteiger partial charge in [0.15, 0.2) is 5.79 Å². The number of rotatable bonds is 4. The predicted molar refractivity (Wildman–Crippen MR) is 90.7 cm³/mol. The summed E-state index contributed by atoms with van der Waals surface area (Å²) < 4.78 is 27.6. The number of aliphatic imine (C=N–C) groups is 1. The van der Waals surface area contributed by atoms with Gasteiger partial charge in [0.2, 0.25) is 0 Å². The largest absolute Gasteiger partial charge is 0.369 e. The van der Waals surface area contributed by atoms with Crippen molar-refractivity contribution in [2.75, 3.05) is 31.2 Å². The fourth-order valence-corrected chi connectivity index (χ4v) is 3.38. The fraction of sp³-hybridized carbons (Fsp3) is 0.471. The van der Waals surface area contributed by atoms with E-state index in [0.717, 1.165) is 12.8 Å². The number of piperidine rings is 1. The van der Waals surface area contributed by atoms with Crippen LogP contribution < -0.4 is 4.90 Å². The molecular formula is C17H20FN5O2. The Balaban J connectivity index is 1.49. The minimum Gasteiger partial charge on any atom is -0.369 e. The molecule has 2 aliphatic rings. The molecule has 8 heteroatoms. The van der Waals surface area contributed by atoms with Crippen LogP contribution in [0.2, 0.25) is 0 Å². The highest BCUT2D eigenvalue weighted by Crippen LogP contribution is 2.34. The van der Waals surface area contributed by atoms with Crippen molar-refractivity contribution >= 4 is 12.4 Å². The molecule has 1 aromatic heterocycles. The summed E-state index contributed by atoms with van der Waals surface area (Å²) in [5.74, 6) is -0.732. The van der Waals surface area contributed by atoms with Crippen LogP contribution in [-0.2, 0) is 16.0 Å². The molecule has 7 nitrogen and oxygen atoms in total. The Morgan fingerprint density at radius 1 is 1.24 bits per heavy atom. The van der Waals surface area contributed by atoms with Crippen molar-refractivity contribution in [1.29, 1.82) is 0 Å². The van der Waals surface area contributed by atoms with Gasteiger partial charge in [-0.25, -0.2) is 9.07 Å². The number of halogens is 1. The lowest BCUT2D eigenvalue weighted by molar-refractivity contribution is -0.169. The lowest BCUT2D eigenvalue weighted by atomic mass is 10.0. The molecule has 132 valence electrons. The Morgan fingerprint density at radius 3 is 2.68 bits per heavy atom. The van der Waals surface area contributed by atoms with Crippen LogP contribution >= 0.6 is 0 Å². The average molecular weight is 345 g/mol. The molecule has 0 amide bonds. The number of hydrogen-bond donors (Lipinski definition) is 0. The highest BCUT2D eigenvalue weighted by molar-refractivity contribution is 5.52. The molecular weight excluding hydrogens is 325 g/mol. The van der Waals surface area contributed by atoms with Crippen LogP contribution in [0.15, 0.2) is 29.4 Å². The fourth-order valence-electron chi connectivity index (χ4n) is 3.38. The van der Waals surface area contributed by atoms with E-state index in [1.807, 2.05) is 11.0 Å². The molecule has 3 heterocycles. The minimum atomic E-state index is -0.455. The van der Waals surface area contributed by atoms with Crippen molar-refractivity contribution in [1.82, 2.24) is 15.0 Å². The van der Waals surface area contributed by atoms with E-state index in [4.69, 9.17) is 9.47 Å². The number of hydrogen-bond acceptors (Lipinski definition) is 6. The summed E-state index contributed by atoms with van der Waals surface area (Å²) in [7, 11) is 0. The zero-order valence-electron chi connectivity index (χ0n) is 13.9. The van der Waals surface area contributed by atoms with Gasteiger partial charge < -0.3 is 14.4 Å². The number of nitrogens with zero attached hydrogens (tertiary/aromatic N) is 5. The first kappa shape index (κ1) is 16.2. The molecule has 0 aliphatic carbocycles. The van der Waals surface area contributed by atoms with Crippen molar-refractivity contribution in [3.05, 3.63) is 35.9 Å². The van der Waals surface area contributed by atoms with Gasteiger partial charge in [-0.1, -0.05) is 5.21 Å². The molecule has 2 aromatic rings. The number of ether oxygens (including phenoxy) is 2. The maximum Gasteiger partial charge on any atom is 0.171 e. The van der Waals surface area contributed by atoms with Gasteiger partial charge in [-0.15, -0.1) is 5.10 Å². The Morgan fingerprint density at radius 2 is 2.00 bits per heavy atom. The van der Waals surface area contributed by atoms with Gasteiger partial charge in [-0.05, 0) is 18.9 Å². The van der Waals surface area contributed by atoms with Crippen LogP contribution in [0.1, 0.15) is 18.5 Å². The zero-order valence-corrected chi connectivity index (χ0v) is 13.9.